The van der Waals surface area contributed by atoms with Crippen molar-refractivity contribution in [2.24, 2.45) is 0 Å². The number of likely N-dealkylation sites (tertiary alicyclic amines) is 1. The van der Waals surface area contributed by atoms with Crippen LogP contribution in [0.4, 0.5) is 0 Å². The van der Waals surface area contributed by atoms with Gasteiger partial charge in [0.25, 0.3) is 5.91 Å². The van der Waals surface area contributed by atoms with Crippen molar-refractivity contribution in [1.29, 1.82) is 0 Å². The molecular weight excluding hydrogens is 294 g/mol. The lowest BCUT2D eigenvalue weighted by molar-refractivity contribution is -0.147. The molecule has 3 rings (SSSR count). The van der Waals surface area contributed by atoms with Gasteiger partial charge < -0.3 is 10.0 Å². The summed E-state index contributed by atoms with van der Waals surface area (Å²) in [6.07, 6.45) is 2.69. The molecule has 0 spiro atoms. The van der Waals surface area contributed by atoms with E-state index in [1.165, 1.54) is 11.1 Å². The quantitative estimate of drug-likeness (QED) is 0.943. The standard InChI is InChI=1S/C17H19N3O3/c1-12-14(11-18-20(12)13-7-4-3-5-8-13)15(21)19-10-6-9-17(19,2)16(22)23/h3-5,7-8,11H,6,9-10H2,1-2H3,(H,22,23). The van der Waals surface area contributed by atoms with Crippen molar-refractivity contribution in [3.8, 4) is 5.69 Å². The summed E-state index contributed by atoms with van der Waals surface area (Å²) >= 11 is 0. The zero-order valence-corrected chi connectivity index (χ0v) is 13.2. The number of para-hydroxylation sites is 1. The summed E-state index contributed by atoms with van der Waals surface area (Å²) < 4.78 is 1.70. The van der Waals surface area contributed by atoms with Crippen LogP contribution in [0.2, 0.25) is 0 Å². The molecule has 23 heavy (non-hydrogen) atoms. The molecule has 1 aliphatic rings. The van der Waals surface area contributed by atoms with Crippen molar-refractivity contribution >= 4 is 11.9 Å². The molecule has 120 valence electrons. The van der Waals surface area contributed by atoms with Gasteiger partial charge in [-0.3, -0.25) is 4.79 Å². The van der Waals surface area contributed by atoms with E-state index in [4.69, 9.17) is 0 Å². The van der Waals surface area contributed by atoms with E-state index in [9.17, 15) is 14.7 Å². The maximum absolute atomic E-state index is 12.8. The summed E-state index contributed by atoms with van der Waals surface area (Å²) in [6, 6.07) is 9.54. The van der Waals surface area contributed by atoms with E-state index in [1.54, 1.807) is 11.6 Å². The van der Waals surface area contributed by atoms with Gasteiger partial charge in [0.1, 0.15) is 5.54 Å². The lowest BCUT2D eigenvalue weighted by atomic mass is 9.98. The zero-order valence-electron chi connectivity index (χ0n) is 13.2. The Bertz CT molecular complexity index is 754. The predicted octanol–water partition coefficient (Wildman–Crippen LogP) is 2.26. The summed E-state index contributed by atoms with van der Waals surface area (Å²) in [4.78, 5) is 25.9. The Hall–Kier alpha value is -2.63. The van der Waals surface area contributed by atoms with Crippen molar-refractivity contribution in [1.82, 2.24) is 14.7 Å². The lowest BCUT2D eigenvalue weighted by Crippen LogP contribution is -2.50. The van der Waals surface area contributed by atoms with Gasteiger partial charge in [0.15, 0.2) is 0 Å². The number of benzene rings is 1. The Labute approximate surface area is 134 Å². The molecule has 1 fully saturated rings. The molecule has 0 aliphatic carbocycles. The van der Waals surface area contributed by atoms with Crippen LogP contribution in [0.3, 0.4) is 0 Å². The molecule has 6 heteroatoms. The molecule has 0 radical (unpaired) electrons. The first-order valence-electron chi connectivity index (χ1n) is 7.60. The molecule has 1 aromatic heterocycles. The van der Waals surface area contributed by atoms with Crippen LogP contribution in [-0.2, 0) is 4.79 Å². The van der Waals surface area contributed by atoms with Crippen LogP contribution in [-0.4, -0.2) is 43.7 Å². The number of carboxylic acids is 1. The molecular formula is C17H19N3O3. The minimum atomic E-state index is -1.14. The maximum atomic E-state index is 12.8. The highest BCUT2D eigenvalue weighted by atomic mass is 16.4. The topological polar surface area (TPSA) is 75.4 Å². The van der Waals surface area contributed by atoms with Gasteiger partial charge in [-0.05, 0) is 38.8 Å². The van der Waals surface area contributed by atoms with Crippen LogP contribution in [0.1, 0.15) is 35.8 Å². The van der Waals surface area contributed by atoms with E-state index in [2.05, 4.69) is 5.10 Å². The smallest absolute Gasteiger partial charge is 0.329 e. The fourth-order valence-electron chi connectivity index (χ4n) is 3.11. The molecule has 1 aromatic carbocycles. The zero-order chi connectivity index (χ0) is 16.6. The third-order valence-electron chi connectivity index (χ3n) is 4.59. The number of hydrogen-bond donors (Lipinski definition) is 1. The van der Waals surface area contributed by atoms with Crippen LogP contribution in [0.15, 0.2) is 36.5 Å². The summed E-state index contributed by atoms with van der Waals surface area (Å²) in [7, 11) is 0. The van der Waals surface area contributed by atoms with Crippen LogP contribution in [0, 0.1) is 6.92 Å². The minimum Gasteiger partial charge on any atom is -0.480 e. The average molecular weight is 313 g/mol. The Morgan fingerprint density at radius 3 is 2.61 bits per heavy atom. The SMILES string of the molecule is Cc1c(C(=O)N2CCCC2(C)C(=O)O)cnn1-c1ccccc1. The van der Waals surface area contributed by atoms with Crippen LogP contribution in [0.5, 0.6) is 0 Å². The van der Waals surface area contributed by atoms with Crippen LogP contribution < -0.4 is 0 Å². The first-order chi connectivity index (χ1) is 10.9. The number of nitrogens with zero attached hydrogens (tertiary/aromatic N) is 3. The van der Waals surface area contributed by atoms with Gasteiger partial charge >= 0.3 is 5.97 Å². The number of carbonyl (C=O) groups is 2. The minimum absolute atomic E-state index is 0.271. The number of aliphatic carboxylic acids is 1. The van der Waals surface area contributed by atoms with Gasteiger partial charge in [-0.25, -0.2) is 9.48 Å². The normalized spacial score (nSPS) is 20.7. The van der Waals surface area contributed by atoms with Gasteiger partial charge in [0.05, 0.1) is 23.1 Å². The van der Waals surface area contributed by atoms with Crippen molar-refractivity contribution in [2.75, 3.05) is 6.54 Å². The number of carboxylic acid groups (broad SMARTS) is 1. The average Bonchev–Trinajstić information content (AvgIpc) is 3.12. The molecule has 1 atom stereocenters. The Balaban J connectivity index is 1.96. The number of hydrogen-bond acceptors (Lipinski definition) is 3. The molecule has 0 saturated carbocycles. The molecule has 6 nitrogen and oxygen atoms in total. The Morgan fingerprint density at radius 2 is 1.96 bits per heavy atom. The van der Waals surface area contributed by atoms with Crippen molar-refractivity contribution < 1.29 is 14.7 Å². The molecule has 2 aromatic rings. The monoisotopic (exact) mass is 313 g/mol. The molecule has 1 aliphatic heterocycles. The van der Waals surface area contributed by atoms with Gasteiger partial charge in [0, 0.05) is 6.54 Å². The van der Waals surface area contributed by atoms with Crippen molar-refractivity contribution in [3.05, 3.63) is 47.8 Å². The molecule has 0 bridgehead atoms. The first kappa shape index (κ1) is 15.3. The van der Waals surface area contributed by atoms with E-state index in [1.807, 2.05) is 37.3 Å². The van der Waals surface area contributed by atoms with E-state index >= 15 is 0 Å². The van der Waals surface area contributed by atoms with E-state index < -0.39 is 11.5 Å². The molecule has 2 heterocycles. The molecule has 1 amide bonds. The maximum Gasteiger partial charge on any atom is 0.329 e. The predicted molar refractivity (Wildman–Crippen MR) is 84.6 cm³/mol. The van der Waals surface area contributed by atoms with E-state index in [0.29, 0.717) is 30.6 Å². The number of rotatable bonds is 3. The third kappa shape index (κ3) is 2.40. The second-order valence-electron chi connectivity index (χ2n) is 6.03. The summed E-state index contributed by atoms with van der Waals surface area (Å²) in [6.45, 7) is 3.89. The Kier molecular flexibility index (Phi) is 3.67. The van der Waals surface area contributed by atoms with Crippen LogP contribution in [0.25, 0.3) is 5.69 Å². The van der Waals surface area contributed by atoms with Crippen molar-refractivity contribution in [2.45, 2.75) is 32.2 Å². The van der Waals surface area contributed by atoms with Crippen LogP contribution >= 0.6 is 0 Å². The number of carbonyl (C=O) groups excluding carboxylic acids is 1. The van der Waals surface area contributed by atoms with Gasteiger partial charge in [0.2, 0.25) is 0 Å². The highest BCUT2D eigenvalue weighted by Crippen LogP contribution is 2.31. The second-order valence-corrected chi connectivity index (χ2v) is 6.03. The van der Waals surface area contributed by atoms with Gasteiger partial charge in [-0.1, -0.05) is 18.2 Å². The molecule has 1 unspecified atom stereocenters. The Morgan fingerprint density at radius 1 is 1.26 bits per heavy atom. The van der Waals surface area contributed by atoms with E-state index in [0.717, 1.165) is 5.69 Å². The van der Waals surface area contributed by atoms with Gasteiger partial charge in [-0.15, -0.1) is 0 Å². The highest BCUT2D eigenvalue weighted by Gasteiger charge is 2.46. The fraction of sp³-hybridized carbons (Fsp3) is 0.353. The van der Waals surface area contributed by atoms with E-state index in [-0.39, 0.29) is 5.91 Å². The largest absolute Gasteiger partial charge is 0.480 e. The summed E-state index contributed by atoms with van der Waals surface area (Å²) in [5.74, 6) is -1.23. The first-order valence-corrected chi connectivity index (χ1v) is 7.60. The molecule has 1 N–H and O–H groups in total. The third-order valence-corrected chi connectivity index (χ3v) is 4.59. The molecule has 1 saturated heterocycles. The second kappa shape index (κ2) is 5.53. The fourth-order valence-corrected chi connectivity index (χ4v) is 3.11. The highest BCUT2D eigenvalue weighted by molar-refractivity contribution is 5.99. The number of amides is 1. The number of aromatic nitrogens is 2. The van der Waals surface area contributed by atoms with Crippen molar-refractivity contribution in [3.63, 3.8) is 0 Å². The summed E-state index contributed by atoms with van der Waals surface area (Å²) in [5, 5.41) is 13.8. The summed E-state index contributed by atoms with van der Waals surface area (Å²) in [5.41, 5.74) is 0.883. The van der Waals surface area contributed by atoms with Gasteiger partial charge in [-0.2, -0.15) is 5.10 Å². The lowest BCUT2D eigenvalue weighted by Gasteiger charge is -2.31.